The highest BCUT2D eigenvalue weighted by atomic mass is 16.6. The van der Waals surface area contributed by atoms with Gasteiger partial charge in [-0.25, -0.2) is 0 Å². The zero-order valence-electron chi connectivity index (χ0n) is 17.6. The molecule has 0 aromatic heterocycles. The summed E-state index contributed by atoms with van der Waals surface area (Å²) in [5, 5.41) is 14.2. The third-order valence-corrected chi connectivity index (χ3v) is 7.25. The van der Waals surface area contributed by atoms with E-state index in [-0.39, 0.29) is 11.3 Å². The lowest BCUT2D eigenvalue weighted by atomic mass is 9.49. The zero-order chi connectivity index (χ0) is 20.0. The predicted molar refractivity (Wildman–Crippen MR) is 109 cm³/mol. The Morgan fingerprint density at radius 3 is 2.59 bits per heavy atom. The van der Waals surface area contributed by atoms with Crippen LogP contribution in [-0.4, -0.2) is 23.9 Å². The largest absolute Gasteiger partial charge is 0.481 e. The first-order valence-corrected chi connectivity index (χ1v) is 10.1. The molecule has 3 rings (SSSR count). The maximum atomic E-state index is 12.2. The number of nitrogens with zero attached hydrogens (tertiary/aromatic N) is 1. The first-order valence-electron chi connectivity index (χ1n) is 10.1. The van der Waals surface area contributed by atoms with Gasteiger partial charge in [0.25, 0.3) is 0 Å². The molecule has 2 aliphatic rings. The monoisotopic (exact) mass is 371 g/mol. The van der Waals surface area contributed by atoms with Crippen molar-refractivity contribution in [2.24, 2.45) is 16.5 Å². The SMILES string of the molecule is CO/N=C(\C)c1cc2c(cc1C(C)C)CCC1C(C)(C(=O)O)CCC[C@]21C. The van der Waals surface area contributed by atoms with E-state index >= 15 is 0 Å². The Morgan fingerprint density at radius 2 is 2.00 bits per heavy atom. The molecule has 1 aromatic carbocycles. The minimum atomic E-state index is -0.642. The molecule has 1 fully saturated rings. The molecule has 1 N–H and O–H groups in total. The van der Waals surface area contributed by atoms with Gasteiger partial charge in [-0.1, -0.05) is 38.4 Å². The van der Waals surface area contributed by atoms with E-state index in [1.165, 1.54) is 16.7 Å². The average Bonchev–Trinajstić information content (AvgIpc) is 2.60. The molecule has 1 saturated carbocycles. The summed E-state index contributed by atoms with van der Waals surface area (Å²) in [7, 11) is 1.58. The number of aryl methyl sites for hydroxylation is 1. The van der Waals surface area contributed by atoms with Gasteiger partial charge in [-0.05, 0) is 79.5 Å². The van der Waals surface area contributed by atoms with Crippen LogP contribution in [0.1, 0.15) is 88.5 Å². The number of oxime groups is 1. The molecule has 2 aliphatic carbocycles. The first-order chi connectivity index (χ1) is 12.6. The summed E-state index contributed by atoms with van der Waals surface area (Å²) in [6.07, 6.45) is 4.70. The summed E-state index contributed by atoms with van der Waals surface area (Å²) in [5.41, 5.74) is 5.29. The minimum Gasteiger partial charge on any atom is -0.481 e. The van der Waals surface area contributed by atoms with E-state index in [1.54, 1.807) is 7.11 Å². The van der Waals surface area contributed by atoms with Crippen LogP contribution in [0.2, 0.25) is 0 Å². The summed E-state index contributed by atoms with van der Waals surface area (Å²) >= 11 is 0. The molecule has 4 nitrogen and oxygen atoms in total. The number of aliphatic carboxylic acids is 1. The van der Waals surface area contributed by atoms with E-state index in [9.17, 15) is 9.90 Å². The number of carbonyl (C=O) groups is 1. The highest BCUT2D eigenvalue weighted by molar-refractivity contribution is 6.00. The average molecular weight is 372 g/mol. The molecule has 0 bridgehead atoms. The summed E-state index contributed by atoms with van der Waals surface area (Å²) in [6, 6.07) is 4.64. The van der Waals surface area contributed by atoms with E-state index in [4.69, 9.17) is 4.84 Å². The van der Waals surface area contributed by atoms with Gasteiger partial charge in [-0.3, -0.25) is 4.79 Å². The Labute approximate surface area is 163 Å². The maximum absolute atomic E-state index is 12.2. The number of rotatable bonds is 4. The fourth-order valence-electron chi connectivity index (χ4n) is 5.77. The van der Waals surface area contributed by atoms with Crippen LogP contribution >= 0.6 is 0 Å². The van der Waals surface area contributed by atoms with Gasteiger partial charge in [-0.2, -0.15) is 0 Å². The smallest absolute Gasteiger partial charge is 0.309 e. The van der Waals surface area contributed by atoms with Crippen molar-refractivity contribution in [2.75, 3.05) is 7.11 Å². The number of hydrogen-bond donors (Lipinski definition) is 1. The number of benzene rings is 1. The molecule has 0 spiro atoms. The normalized spacial score (nSPS) is 30.6. The van der Waals surface area contributed by atoms with Crippen molar-refractivity contribution in [1.29, 1.82) is 0 Å². The molecule has 27 heavy (non-hydrogen) atoms. The lowest BCUT2D eigenvalue weighted by molar-refractivity contribution is -0.157. The van der Waals surface area contributed by atoms with Gasteiger partial charge in [0.2, 0.25) is 0 Å². The van der Waals surface area contributed by atoms with Crippen LogP contribution in [0.15, 0.2) is 17.3 Å². The fourth-order valence-corrected chi connectivity index (χ4v) is 5.77. The second kappa shape index (κ2) is 6.96. The van der Waals surface area contributed by atoms with Gasteiger partial charge >= 0.3 is 5.97 Å². The van der Waals surface area contributed by atoms with Crippen molar-refractivity contribution in [3.63, 3.8) is 0 Å². The van der Waals surface area contributed by atoms with Crippen LogP contribution in [0.3, 0.4) is 0 Å². The topological polar surface area (TPSA) is 58.9 Å². The molecular weight excluding hydrogens is 338 g/mol. The molecule has 2 unspecified atom stereocenters. The molecule has 0 aliphatic heterocycles. The molecule has 0 amide bonds. The highest BCUT2D eigenvalue weighted by Crippen LogP contribution is 2.57. The highest BCUT2D eigenvalue weighted by Gasteiger charge is 2.55. The summed E-state index contributed by atoms with van der Waals surface area (Å²) in [5.74, 6) is -0.0762. The van der Waals surface area contributed by atoms with E-state index in [0.717, 1.165) is 43.4 Å². The Balaban J connectivity index is 2.19. The van der Waals surface area contributed by atoms with E-state index in [2.05, 4.69) is 38.1 Å². The van der Waals surface area contributed by atoms with Crippen LogP contribution in [-0.2, 0) is 21.5 Å². The maximum Gasteiger partial charge on any atom is 0.309 e. The van der Waals surface area contributed by atoms with Gasteiger partial charge in [0.05, 0.1) is 11.1 Å². The van der Waals surface area contributed by atoms with Crippen LogP contribution < -0.4 is 0 Å². The standard InChI is InChI=1S/C23H33NO3/c1-14(2)17-12-16-8-9-20-22(4,10-7-11-23(20,5)21(25)26)19(16)13-18(17)15(3)24-27-6/h12-14,20H,7-11H2,1-6H3,(H,25,26)/b24-15+/t20?,22-,23?/m1/s1. The van der Waals surface area contributed by atoms with Crippen LogP contribution in [0.5, 0.6) is 0 Å². The van der Waals surface area contributed by atoms with Gasteiger partial charge < -0.3 is 9.94 Å². The second-order valence-electron chi connectivity index (χ2n) is 9.20. The molecule has 0 saturated heterocycles. The molecular formula is C23H33NO3. The predicted octanol–water partition coefficient (Wildman–Crippen LogP) is 5.28. The lowest BCUT2D eigenvalue weighted by Crippen LogP contribution is -2.52. The van der Waals surface area contributed by atoms with Crippen LogP contribution in [0, 0.1) is 11.3 Å². The van der Waals surface area contributed by atoms with Gasteiger partial charge in [0.1, 0.15) is 7.11 Å². The van der Waals surface area contributed by atoms with Crippen molar-refractivity contribution in [2.45, 2.75) is 78.1 Å². The van der Waals surface area contributed by atoms with E-state index in [0.29, 0.717) is 5.92 Å². The lowest BCUT2D eigenvalue weighted by Gasteiger charge is -2.53. The Kier molecular flexibility index (Phi) is 5.13. The van der Waals surface area contributed by atoms with Gasteiger partial charge in [0.15, 0.2) is 0 Å². The van der Waals surface area contributed by atoms with Crippen molar-refractivity contribution in [3.8, 4) is 0 Å². The van der Waals surface area contributed by atoms with Crippen LogP contribution in [0.4, 0.5) is 0 Å². The molecule has 0 radical (unpaired) electrons. The minimum absolute atomic E-state index is 0.101. The summed E-state index contributed by atoms with van der Waals surface area (Å²) < 4.78 is 0. The third-order valence-electron chi connectivity index (χ3n) is 7.25. The summed E-state index contributed by atoms with van der Waals surface area (Å²) in [6.45, 7) is 10.7. The third kappa shape index (κ3) is 3.07. The Morgan fingerprint density at radius 1 is 1.30 bits per heavy atom. The van der Waals surface area contributed by atoms with Crippen molar-refractivity contribution >= 4 is 11.7 Å². The van der Waals surface area contributed by atoms with Crippen molar-refractivity contribution in [1.82, 2.24) is 0 Å². The second-order valence-corrected chi connectivity index (χ2v) is 9.20. The molecule has 3 atom stereocenters. The van der Waals surface area contributed by atoms with Crippen LogP contribution in [0.25, 0.3) is 0 Å². The van der Waals surface area contributed by atoms with Crippen molar-refractivity contribution < 1.29 is 14.7 Å². The number of hydrogen-bond acceptors (Lipinski definition) is 3. The molecule has 1 aromatic rings. The van der Waals surface area contributed by atoms with Crippen molar-refractivity contribution in [3.05, 3.63) is 34.4 Å². The number of carboxylic acid groups (broad SMARTS) is 1. The van der Waals surface area contributed by atoms with E-state index in [1.807, 2.05) is 13.8 Å². The number of fused-ring (bicyclic) bond motifs is 3. The van der Waals surface area contributed by atoms with E-state index < -0.39 is 11.4 Å². The number of carboxylic acids is 1. The first kappa shape index (κ1) is 19.9. The fraction of sp³-hybridized carbons (Fsp3) is 0.652. The zero-order valence-corrected chi connectivity index (χ0v) is 17.6. The van der Waals surface area contributed by atoms with Gasteiger partial charge in [-0.15, -0.1) is 0 Å². The quantitative estimate of drug-likeness (QED) is 0.579. The summed E-state index contributed by atoms with van der Waals surface area (Å²) in [4.78, 5) is 17.2. The van der Waals surface area contributed by atoms with Gasteiger partial charge in [0, 0.05) is 5.56 Å². The molecule has 148 valence electrons. The Bertz CT molecular complexity index is 782. The molecule has 0 heterocycles. The Hall–Kier alpha value is -1.84. The molecule has 4 heteroatoms.